The molecule has 0 radical (unpaired) electrons. The summed E-state index contributed by atoms with van der Waals surface area (Å²) in [6, 6.07) is 6.98. The van der Waals surface area contributed by atoms with Crippen molar-refractivity contribution in [2.45, 2.75) is 51.1 Å². The van der Waals surface area contributed by atoms with Crippen LogP contribution < -0.4 is 10.6 Å². The monoisotopic (exact) mass is 245 g/mol. The molecule has 0 bridgehead atoms. The SMILES string of the molecule is NCc1cccc(N2CCCC2C2CCCC2)n1. The summed E-state index contributed by atoms with van der Waals surface area (Å²) >= 11 is 0. The van der Waals surface area contributed by atoms with E-state index in [9.17, 15) is 0 Å². The lowest BCUT2D eigenvalue weighted by atomic mass is 9.96. The molecule has 3 rings (SSSR count). The Bertz CT molecular complexity index is 398. The number of pyridine rings is 1. The Kier molecular flexibility index (Phi) is 3.50. The van der Waals surface area contributed by atoms with Crippen LogP contribution in [-0.4, -0.2) is 17.6 Å². The summed E-state index contributed by atoms with van der Waals surface area (Å²) in [5.41, 5.74) is 6.70. The van der Waals surface area contributed by atoms with Crippen molar-refractivity contribution in [3.63, 3.8) is 0 Å². The molecule has 3 nitrogen and oxygen atoms in total. The Balaban J connectivity index is 1.80. The van der Waals surface area contributed by atoms with Crippen molar-refractivity contribution in [3.8, 4) is 0 Å². The third kappa shape index (κ3) is 2.24. The van der Waals surface area contributed by atoms with Gasteiger partial charge in [0, 0.05) is 19.1 Å². The molecule has 0 aromatic carbocycles. The molecule has 0 amide bonds. The summed E-state index contributed by atoms with van der Waals surface area (Å²) in [6.07, 6.45) is 8.33. The highest BCUT2D eigenvalue weighted by Gasteiger charge is 2.33. The lowest BCUT2D eigenvalue weighted by Gasteiger charge is -2.30. The number of nitrogens with two attached hydrogens (primary N) is 1. The number of hydrogen-bond acceptors (Lipinski definition) is 3. The molecule has 2 N–H and O–H groups in total. The van der Waals surface area contributed by atoms with Crippen molar-refractivity contribution >= 4 is 5.82 Å². The molecule has 18 heavy (non-hydrogen) atoms. The van der Waals surface area contributed by atoms with Crippen molar-refractivity contribution in [1.29, 1.82) is 0 Å². The van der Waals surface area contributed by atoms with Crippen LogP contribution in [0.2, 0.25) is 0 Å². The summed E-state index contributed by atoms with van der Waals surface area (Å²) in [5, 5.41) is 0. The summed E-state index contributed by atoms with van der Waals surface area (Å²) in [5.74, 6) is 2.04. The van der Waals surface area contributed by atoms with Gasteiger partial charge in [0.05, 0.1) is 5.69 Å². The quantitative estimate of drug-likeness (QED) is 0.890. The van der Waals surface area contributed by atoms with Gasteiger partial charge in [-0.2, -0.15) is 0 Å². The zero-order chi connectivity index (χ0) is 12.4. The van der Waals surface area contributed by atoms with Crippen LogP contribution in [0.15, 0.2) is 18.2 Å². The fourth-order valence-corrected chi connectivity index (χ4v) is 3.65. The topological polar surface area (TPSA) is 42.1 Å². The highest BCUT2D eigenvalue weighted by atomic mass is 15.2. The average molecular weight is 245 g/mol. The first kappa shape index (κ1) is 12.0. The normalized spacial score (nSPS) is 24.9. The second-order valence-corrected chi connectivity index (χ2v) is 5.64. The van der Waals surface area contributed by atoms with Crippen LogP contribution in [0.3, 0.4) is 0 Å². The fraction of sp³-hybridized carbons (Fsp3) is 0.667. The molecule has 0 spiro atoms. The Labute approximate surface area is 109 Å². The Morgan fingerprint density at radius 1 is 1.17 bits per heavy atom. The number of hydrogen-bond donors (Lipinski definition) is 1. The maximum atomic E-state index is 5.69. The maximum Gasteiger partial charge on any atom is 0.129 e. The maximum absolute atomic E-state index is 5.69. The molecule has 98 valence electrons. The van der Waals surface area contributed by atoms with Crippen LogP contribution in [-0.2, 0) is 6.54 Å². The number of anilines is 1. The molecule has 3 heteroatoms. The Morgan fingerprint density at radius 3 is 2.78 bits per heavy atom. The number of rotatable bonds is 3. The lowest BCUT2D eigenvalue weighted by molar-refractivity contribution is 0.429. The van der Waals surface area contributed by atoms with Crippen LogP contribution in [0, 0.1) is 5.92 Å². The van der Waals surface area contributed by atoms with Crippen molar-refractivity contribution in [1.82, 2.24) is 4.98 Å². The van der Waals surface area contributed by atoms with Crippen LogP contribution in [0.1, 0.15) is 44.2 Å². The van der Waals surface area contributed by atoms with E-state index >= 15 is 0 Å². The van der Waals surface area contributed by atoms with Crippen LogP contribution in [0.5, 0.6) is 0 Å². The van der Waals surface area contributed by atoms with Crippen molar-refractivity contribution < 1.29 is 0 Å². The summed E-state index contributed by atoms with van der Waals surface area (Å²) in [7, 11) is 0. The van der Waals surface area contributed by atoms with Gasteiger partial charge in [0.25, 0.3) is 0 Å². The molecule has 1 atom stereocenters. The molecule has 2 heterocycles. The van der Waals surface area contributed by atoms with Crippen molar-refractivity contribution in [2.75, 3.05) is 11.4 Å². The molecule has 2 aliphatic rings. The van der Waals surface area contributed by atoms with Crippen molar-refractivity contribution in [2.24, 2.45) is 11.7 Å². The third-order valence-electron chi connectivity index (χ3n) is 4.54. The van der Waals surface area contributed by atoms with E-state index in [0.29, 0.717) is 6.54 Å². The van der Waals surface area contributed by atoms with Gasteiger partial charge < -0.3 is 10.6 Å². The minimum Gasteiger partial charge on any atom is -0.353 e. The van der Waals surface area contributed by atoms with Gasteiger partial charge in [-0.15, -0.1) is 0 Å². The summed E-state index contributed by atoms with van der Waals surface area (Å²) in [4.78, 5) is 7.23. The molecule has 1 aromatic rings. The van der Waals surface area contributed by atoms with Gasteiger partial charge in [-0.05, 0) is 43.7 Å². The van der Waals surface area contributed by atoms with Crippen LogP contribution >= 0.6 is 0 Å². The molecule has 2 fully saturated rings. The molecule has 1 saturated heterocycles. The Morgan fingerprint density at radius 2 is 2.00 bits per heavy atom. The first-order valence-corrected chi connectivity index (χ1v) is 7.31. The van der Waals surface area contributed by atoms with Gasteiger partial charge in [-0.1, -0.05) is 18.9 Å². The molecule has 1 aliphatic heterocycles. The molecule has 1 saturated carbocycles. The van der Waals surface area contributed by atoms with Gasteiger partial charge in [0.15, 0.2) is 0 Å². The first-order chi connectivity index (χ1) is 8.88. The van der Waals surface area contributed by atoms with Gasteiger partial charge >= 0.3 is 0 Å². The Hall–Kier alpha value is -1.09. The van der Waals surface area contributed by atoms with Crippen molar-refractivity contribution in [3.05, 3.63) is 23.9 Å². The number of nitrogens with zero attached hydrogens (tertiary/aromatic N) is 2. The van der Waals surface area contributed by atoms with E-state index in [2.05, 4.69) is 17.0 Å². The van der Waals surface area contributed by atoms with Gasteiger partial charge in [0.2, 0.25) is 0 Å². The van der Waals surface area contributed by atoms with E-state index in [4.69, 9.17) is 10.7 Å². The fourth-order valence-electron chi connectivity index (χ4n) is 3.65. The van der Waals surface area contributed by atoms with E-state index in [1.165, 1.54) is 45.1 Å². The zero-order valence-corrected chi connectivity index (χ0v) is 11.0. The summed E-state index contributed by atoms with van der Waals surface area (Å²) < 4.78 is 0. The average Bonchev–Trinajstić information content (AvgIpc) is 3.09. The highest BCUT2D eigenvalue weighted by molar-refractivity contribution is 5.42. The van der Waals surface area contributed by atoms with E-state index in [0.717, 1.165) is 23.5 Å². The van der Waals surface area contributed by atoms with Crippen LogP contribution in [0.25, 0.3) is 0 Å². The zero-order valence-electron chi connectivity index (χ0n) is 11.0. The standard InChI is InChI=1S/C15H23N3/c16-11-13-7-3-9-15(17-13)18-10-4-8-14(18)12-5-1-2-6-12/h3,7,9,12,14H,1-2,4-6,8,10-11,16H2. The van der Waals surface area contributed by atoms with E-state index < -0.39 is 0 Å². The minimum absolute atomic E-state index is 0.537. The van der Waals surface area contributed by atoms with Crippen LogP contribution in [0.4, 0.5) is 5.82 Å². The van der Waals surface area contributed by atoms with E-state index in [-0.39, 0.29) is 0 Å². The van der Waals surface area contributed by atoms with E-state index in [1.807, 2.05) is 6.07 Å². The predicted octanol–water partition coefficient (Wildman–Crippen LogP) is 2.70. The molecule has 1 aliphatic carbocycles. The molecular formula is C15H23N3. The lowest BCUT2D eigenvalue weighted by Crippen LogP contribution is -2.35. The smallest absolute Gasteiger partial charge is 0.129 e. The third-order valence-corrected chi connectivity index (χ3v) is 4.54. The predicted molar refractivity (Wildman–Crippen MR) is 74.5 cm³/mol. The molecule has 1 aromatic heterocycles. The first-order valence-electron chi connectivity index (χ1n) is 7.31. The second kappa shape index (κ2) is 5.27. The molecule has 1 unspecified atom stereocenters. The van der Waals surface area contributed by atoms with E-state index in [1.54, 1.807) is 0 Å². The summed E-state index contributed by atoms with van der Waals surface area (Å²) in [6.45, 7) is 1.71. The largest absolute Gasteiger partial charge is 0.353 e. The second-order valence-electron chi connectivity index (χ2n) is 5.64. The van der Waals surface area contributed by atoms with Gasteiger partial charge in [0.1, 0.15) is 5.82 Å². The molecular weight excluding hydrogens is 222 g/mol. The van der Waals surface area contributed by atoms with Gasteiger partial charge in [-0.3, -0.25) is 0 Å². The van der Waals surface area contributed by atoms with Gasteiger partial charge in [-0.25, -0.2) is 4.98 Å². The minimum atomic E-state index is 0.537. The number of aromatic nitrogens is 1. The highest BCUT2D eigenvalue weighted by Crippen LogP contribution is 2.37.